The summed E-state index contributed by atoms with van der Waals surface area (Å²) in [4.78, 5) is 27.7. The van der Waals surface area contributed by atoms with Gasteiger partial charge in [0.1, 0.15) is 23.0 Å². The van der Waals surface area contributed by atoms with Gasteiger partial charge in [-0.3, -0.25) is 14.5 Å². The van der Waals surface area contributed by atoms with Gasteiger partial charge in [-0.05, 0) is 54.1 Å². The van der Waals surface area contributed by atoms with Crippen LogP contribution < -0.4 is 14.4 Å². The van der Waals surface area contributed by atoms with Crippen molar-refractivity contribution in [2.45, 2.75) is 6.04 Å². The molecule has 0 saturated carbocycles. The van der Waals surface area contributed by atoms with Crippen molar-refractivity contribution in [3.8, 4) is 17.2 Å². The summed E-state index contributed by atoms with van der Waals surface area (Å²) < 4.78 is 10.6. The molecule has 0 bridgehead atoms. The molecule has 1 aliphatic rings. The number of aromatic hydroxyl groups is 1. The monoisotopic (exact) mass is 499 g/mol. The molecule has 3 aromatic carbocycles. The van der Waals surface area contributed by atoms with Crippen molar-refractivity contribution >= 4 is 46.3 Å². The van der Waals surface area contributed by atoms with Gasteiger partial charge in [0.15, 0.2) is 0 Å². The lowest BCUT2D eigenvalue weighted by Crippen LogP contribution is -2.29. The first-order valence-corrected chi connectivity index (χ1v) is 10.8. The van der Waals surface area contributed by atoms with Crippen LogP contribution in [0.15, 0.2) is 66.2 Å². The van der Waals surface area contributed by atoms with Crippen LogP contribution in [0.1, 0.15) is 17.2 Å². The number of nitrogens with zero attached hydrogens (tertiary/aromatic N) is 1. The number of phenolic OH excluding ortho intramolecular Hbond substituents is 1. The summed E-state index contributed by atoms with van der Waals surface area (Å²) >= 11 is 12.2. The van der Waals surface area contributed by atoms with E-state index < -0.39 is 23.5 Å². The van der Waals surface area contributed by atoms with Crippen molar-refractivity contribution < 1.29 is 29.3 Å². The number of halogens is 2. The Bertz CT molecular complexity index is 1320. The molecule has 0 radical (unpaired) electrons. The molecule has 3 aromatic rings. The van der Waals surface area contributed by atoms with Gasteiger partial charge in [0.2, 0.25) is 0 Å². The third kappa shape index (κ3) is 4.04. The van der Waals surface area contributed by atoms with Crippen LogP contribution in [0.5, 0.6) is 17.2 Å². The molecule has 1 heterocycles. The van der Waals surface area contributed by atoms with Gasteiger partial charge in [0.05, 0.1) is 41.4 Å². The molecular formula is C25H19Cl2NO6. The average Bonchev–Trinajstić information content (AvgIpc) is 3.10. The predicted octanol–water partition coefficient (Wildman–Crippen LogP) is 5.34. The smallest absolute Gasteiger partial charge is 0.300 e. The SMILES string of the molecule is COc1ccc(OC)c(/C(O)=C2\C(=O)C(=O)N(c3ccc(Cl)c(Cl)c3)C2c2ccc(O)cc2)c1. The highest BCUT2D eigenvalue weighted by atomic mass is 35.5. The van der Waals surface area contributed by atoms with Gasteiger partial charge in [-0.15, -0.1) is 0 Å². The van der Waals surface area contributed by atoms with Crippen molar-refractivity contribution in [2.24, 2.45) is 0 Å². The van der Waals surface area contributed by atoms with E-state index in [9.17, 15) is 19.8 Å². The number of benzene rings is 3. The molecule has 2 N–H and O–H groups in total. The van der Waals surface area contributed by atoms with Crippen molar-refractivity contribution in [1.82, 2.24) is 0 Å². The maximum Gasteiger partial charge on any atom is 0.300 e. The van der Waals surface area contributed by atoms with Crippen LogP contribution in [0.2, 0.25) is 10.0 Å². The number of rotatable bonds is 5. The van der Waals surface area contributed by atoms with Crippen LogP contribution in [0.3, 0.4) is 0 Å². The number of carbonyl (C=O) groups is 2. The number of aliphatic hydroxyl groups excluding tert-OH is 1. The zero-order chi connectivity index (χ0) is 24.6. The van der Waals surface area contributed by atoms with E-state index in [1.807, 2.05) is 0 Å². The quantitative estimate of drug-likeness (QED) is 0.279. The number of carbonyl (C=O) groups excluding carboxylic acids is 2. The Kier molecular flexibility index (Phi) is 6.41. The highest BCUT2D eigenvalue weighted by Crippen LogP contribution is 2.44. The van der Waals surface area contributed by atoms with Crippen LogP contribution in [0.25, 0.3) is 5.76 Å². The maximum absolute atomic E-state index is 13.3. The fourth-order valence-electron chi connectivity index (χ4n) is 3.85. The van der Waals surface area contributed by atoms with E-state index in [2.05, 4.69) is 0 Å². The Hall–Kier alpha value is -3.68. The highest BCUT2D eigenvalue weighted by molar-refractivity contribution is 6.52. The first kappa shape index (κ1) is 23.5. The Morgan fingerprint density at radius 2 is 1.62 bits per heavy atom. The number of methoxy groups -OCH3 is 2. The second-order valence-electron chi connectivity index (χ2n) is 7.43. The van der Waals surface area contributed by atoms with Crippen molar-refractivity contribution in [3.05, 3.63) is 87.4 Å². The molecule has 1 fully saturated rings. The maximum atomic E-state index is 13.3. The summed E-state index contributed by atoms with van der Waals surface area (Å²) in [6.07, 6.45) is 0. The average molecular weight is 500 g/mol. The molecule has 4 rings (SSSR count). The largest absolute Gasteiger partial charge is 0.508 e. The minimum Gasteiger partial charge on any atom is -0.508 e. The van der Waals surface area contributed by atoms with Crippen LogP contribution >= 0.6 is 23.2 Å². The van der Waals surface area contributed by atoms with E-state index in [0.29, 0.717) is 17.0 Å². The van der Waals surface area contributed by atoms with Gasteiger partial charge in [-0.25, -0.2) is 0 Å². The molecule has 9 heteroatoms. The van der Waals surface area contributed by atoms with Gasteiger partial charge in [-0.1, -0.05) is 35.3 Å². The topological polar surface area (TPSA) is 96.3 Å². The first-order valence-electron chi connectivity index (χ1n) is 10.0. The lowest BCUT2D eigenvalue weighted by molar-refractivity contribution is -0.132. The number of ketones is 1. The third-order valence-electron chi connectivity index (χ3n) is 5.50. The van der Waals surface area contributed by atoms with E-state index in [4.69, 9.17) is 32.7 Å². The van der Waals surface area contributed by atoms with E-state index in [1.54, 1.807) is 30.3 Å². The third-order valence-corrected chi connectivity index (χ3v) is 6.24. The van der Waals surface area contributed by atoms with Gasteiger partial charge in [-0.2, -0.15) is 0 Å². The van der Waals surface area contributed by atoms with Crippen molar-refractivity contribution in [1.29, 1.82) is 0 Å². The van der Waals surface area contributed by atoms with Gasteiger partial charge < -0.3 is 19.7 Å². The number of anilines is 1. The number of phenols is 1. The number of aliphatic hydroxyl groups is 1. The summed E-state index contributed by atoms with van der Waals surface area (Å²) in [6.45, 7) is 0. The highest BCUT2D eigenvalue weighted by Gasteiger charge is 2.47. The van der Waals surface area contributed by atoms with Crippen molar-refractivity contribution in [2.75, 3.05) is 19.1 Å². The Morgan fingerprint density at radius 1 is 0.912 bits per heavy atom. The molecule has 0 aliphatic carbocycles. The van der Waals surface area contributed by atoms with Gasteiger partial charge in [0, 0.05) is 5.69 Å². The molecule has 7 nitrogen and oxygen atoms in total. The molecule has 1 amide bonds. The molecule has 1 atom stereocenters. The minimum atomic E-state index is -1.02. The minimum absolute atomic E-state index is 0.00436. The molecule has 0 aromatic heterocycles. The Balaban J connectivity index is 1.99. The molecule has 1 saturated heterocycles. The molecule has 1 aliphatic heterocycles. The summed E-state index contributed by atoms with van der Waals surface area (Å²) in [5, 5.41) is 21.6. The zero-order valence-electron chi connectivity index (χ0n) is 18.1. The molecule has 34 heavy (non-hydrogen) atoms. The predicted molar refractivity (Wildman–Crippen MR) is 129 cm³/mol. The fourth-order valence-corrected chi connectivity index (χ4v) is 4.14. The summed E-state index contributed by atoms with van der Waals surface area (Å²) in [5.41, 5.74) is 0.809. The lowest BCUT2D eigenvalue weighted by atomic mass is 9.94. The number of hydrogen-bond acceptors (Lipinski definition) is 6. The second kappa shape index (κ2) is 9.29. The molecule has 174 valence electrons. The summed E-state index contributed by atoms with van der Waals surface area (Å²) in [6, 6.07) is 14.2. The Morgan fingerprint density at radius 3 is 2.24 bits per heavy atom. The standard InChI is InChI=1S/C25H19Cl2NO6/c1-33-16-8-10-20(34-2)17(12-16)23(30)21-22(13-3-6-15(29)7-4-13)28(25(32)24(21)31)14-5-9-18(26)19(27)11-14/h3-12,22,29-30H,1-2H3/b23-21+. The van der Waals surface area contributed by atoms with Crippen LogP contribution in [0.4, 0.5) is 5.69 Å². The number of amides is 1. The zero-order valence-corrected chi connectivity index (χ0v) is 19.6. The summed E-state index contributed by atoms with van der Waals surface area (Å²) in [7, 11) is 2.88. The number of hydrogen-bond donors (Lipinski definition) is 2. The van der Waals surface area contributed by atoms with Gasteiger partial charge >= 0.3 is 0 Å². The van der Waals surface area contributed by atoms with Crippen LogP contribution in [-0.4, -0.2) is 36.1 Å². The normalized spacial score (nSPS) is 17.2. The van der Waals surface area contributed by atoms with E-state index in [0.717, 1.165) is 0 Å². The van der Waals surface area contributed by atoms with Crippen molar-refractivity contribution in [3.63, 3.8) is 0 Å². The molecule has 1 unspecified atom stereocenters. The Labute approximate surface area is 205 Å². The fraction of sp³-hybridized carbons (Fsp3) is 0.120. The summed E-state index contributed by atoms with van der Waals surface area (Å²) in [5.74, 6) is -1.49. The lowest BCUT2D eigenvalue weighted by Gasteiger charge is -2.26. The second-order valence-corrected chi connectivity index (χ2v) is 8.24. The molecule has 0 spiro atoms. The van der Waals surface area contributed by atoms with Gasteiger partial charge in [0.25, 0.3) is 11.7 Å². The van der Waals surface area contributed by atoms with E-state index in [-0.39, 0.29) is 32.7 Å². The van der Waals surface area contributed by atoms with E-state index in [1.165, 1.54) is 49.5 Å². The number of Topliss-reactive ketones (excluding diaryl/α,β-unsaturated/α-hetero) is 1. The molecular weight excluding hydrogens is 481 g/mol. The van der Waals surface area contributed by atoms with Crippen LogP contribution in [0, 0.1) is 0 Å². The van der Waals surface area contributed by atoms with Crippen LogP contribution in [-0.2, 0) is 9.59 Å². The van der Waals surface area contributed by atoms with E-state index >= 15 is 0 Å². The first-order chi connectivity index (χ1) is 16.3. The number of ether oxygens (including phenoxy) is 2.